The summed E-state index contributed by atoms with van der Waals surface area (Å²) in [5, 5.41) is 9.01. The van der Waals surface area contributed by atoms with Crippen molar-refractivity contribution < 1.29 is 0 Å². The lowest BCUT2D eigenvalue weighted by Crippen LogP contribution is -2.40. The fourth-order valence-electron chi connectivity index (χ4n) is 3.99. The maximum atomic E-state index is 11.8. The Bertz CT molecular complexity index is 846. The number of unbranched alkanes of at least 4 members (excludes halogenated alkanes) is 1. The predicted octanol–water partition coefficient (Wildman–Crippen LogP) is 4.34. The van der Waals surface area contributed by atoms with Crippen LogP contribution < -0.4 is 16.2 Å². The van der Waals surface area contributed by atoms with Gasteiger partial charge in [-0.25, -0.2) is 0 Å². The molecule has 1 aliphatic heterocycles. The number of pyridine rings is 1. The van der Waals surface area contributed by atoms with Gasteiger partial charge < -0.3 is 15.2 Å². The first-order valence-corrected chi connectivity index (χ1v) is 12.5. The number of nitrogens with one attached hydrogen (secondary N) is 2. The van der Waals surface area contributed by atoms with E-state index in [9.17, 15) is 4.79 Å². The molecular weight excluding hydrogens is 533 g/mol. The normalized spacial score (nSPS) is 16.4. The molecule has 2 aromatic heterocycles. The summed E-state index contributed by atoms with van der Waals surface area (Å²) in [4.78, 5) is 20.7. The molecule has 0 saturated carbocycles. The molecule has 1 saturated heterocycles. The van der Waals surface area contributed by atoms with E-state index in [2.05, 4.69) is 46.9 Å². The zero-order chi connectivity index (χ0) is 21.9. The minimum Gasteiger partial charge on any atom is -0.357 e. The lowest BCUT2D eigenvalue weighted by Gasteiger charge is -2.35. The molecule has 8 heteroatoms. The minimum atomic E-state index is 0. The number of hydrogen-bond acceptors (Lipinski definition) is 4. The van der Waals surface area contributed by atoms with E-state index in [4.69, 9.17) is 4.99 Å². The van der Waals surface area contributed by atoms with Gasteiger partial charge in [0.05, 0.1) is 12.6 Å². The van der Waals surface area contributed by atoms with E-state index in [0.717, 1.165) is 64.0 Å². The van der Waals surface area contributed by atoms with Gasteiger partial charge in [-0.15, -0.1) is 35.3 Å². The van der Waals surface area contributed by atoms with Gasteiger partial charge in [0.2, 0.25) is 5.56 Å². The maximum absolute atomic E-state index is 11.8. The molecule has 32 heavy (non-hydrogen) atoms. The van der Waals surface area contributed by atoms with E-state index < -0.39 is 0 Å². The fourth-order valence-corrected chi connectivity index (χ4v) is 4.84. The summed E-state index contributed by atoms with van der Waals surface area (Å²) in [6.07, 6.45) is 6.35. The van der Waals surface area contributed by atoms with Crippen molar-refractivity contribution in [2.24, 2.45) is 10.9 Å². The Morgan fingerprint density at radius 3 is 2.69 bits per heavy atom. The van der Waals surface area contributed by atoms with Crippen LogP contribution in [-0.4, -0.2) is 48.2 Å². The van der Waals surface area contributed by atoms with E-state index in [-0.39, 0.29) is 29.5 Å². The van der Waals surface area contributed by atoms with E-state index in [1.807, 2.05) is 23.6 Å². The second-order valence-electron chi connectivity index (χ2n) is 8.34. The van der Waals surface area contributed by atoms with Gasteiger partial charge in [0.25, 0.3) is 0 Å². The molecule has 1 unspecified atom stereocenters. The quantitative estimate of drug-likeness (QED) is 0.193. The van der Waals surface area contributed by atoms with Crippen LogP contribution in [0.4, 0.5) is 0 Å². The first kappa shape index (κ1) is 26.9. The largest absolute Gasteiger partial charge is 0.357 e. The highest BCUT2D eigenvalue weighted by atomic mass is 127. The van der Waals surface area contributed by atoms with Crippen LogP contribution >= 0.6 is 35.3 Å². The average molecular weight is 572 g/mol. The highest BCUT2D eigenvalue weighted by Crippen LogP contribution is 2.29. The Labute approximate surface area is 213 Å². The van der Waals surface area contributed by atoms with Gasteiger partial charge in [-0.3, -0.25) is 14.7 Å². The highest BCUT2D eigenvalue weighted by Gasteiger charge is 2.25. The van der Waals surface area contributed by atoms with E-state index in [1.54, 1.807) is 16.7 Å². The zero-order valence-corrected chi connectivity index (χ0v) is 22.5. The molecule has 1 fully saturated rings. The third-order valence-corrected chi connectivity index (χ3v) is 6.89. The number of halogens is 1. The molecule has 3 heterocycles. The van der Waals surface area contributed by atoms with E-state index in [1.165, 1.54) is 17.7 Å². The first-order chi connectivity index (χ1) is 15.2. The molecule has 0 bridgehead atoms. The molecule has 1 atom stereocenters. The van der Waals surface area contributed by atoms with E-state index >= 15 is 0 Å². The number of aromatic nitrogens is 1. The molecule has 178 valence electrons. The summed E-state index contributed by atoms with van der Waals surface area (Å²) in [6.45, 7) is 9.98. The maximum Gasteiger partial charge on any atom is 0.250 e. The van der Waals surface area contributed by atoms with Gasteiger partial charge in [-0.2, -0.15) is 0 Å². The molecule has 3 rings (SSSR count). The number of aliphatic imine (C=N–C) groups is 1. The van der Waals surface area contributed by atoms with Crippen LogP contribution in [0.25, 0.3) is 0 Å². The summed E-state index contributed by atoms with van der Waals surface area (Å²) < 4.78 is 1.77. The van der Waals surface area contributed by atoms with Crippen molar-refractivity contribution in [3.63, 3.8) is 0 Å². The number of guanidine groups is 1. The predicted molar refractivity (Wildman–Crippen MR) is 146 cm³/mol. The second-order valence-corrected chi connectivity index (χ2v) is 9.31. The Balaban J connectivity index is 0.00000363. The third kappa shape index (κ3) is 8.51. The lowest BCUT2D eigenvalue weighted by atomic mass is 9.97. The van der Waals surface area contributed by atoms with Crippen LogP contribution in [0.2, 0.25) is 0 Å². The van der Waals surface area contributed by atoms with Gasteiger partial charge in [0.1, 0.15) is 0 Å². The topological polar surface area (TPSA) is 61.7 Å². The summed E-state index contributed by atoms with van der Waals surface area (Å²) in [6, 6.07) is 10.0. The van der Waals surface area contributed by atoms with Crippen molar-refractivity contribution in [1.29, 1.82) is 0 Å². The lowest BCUT2D eigenvalue weighted by molar-refractivity contribution is 0.143. The van der Waals surface area contributed by atoms with Crippen molar-refractivity contribution in [3.8, 4) is 0 Å². The molecular formula is C24H38IN5OS. The van der Waals surface area contributed by atoms with Crippen molar-refractivity contribution >= 4 is 41.3 Å². The molecule has 0 spiro atoms. The Hall–Kier alpha value is -1.39. The van der Waals surface area contributed by atoms with Crippen molar-refractivity contribution in [3.05, 3.63) is 57.1 Å². The Morgan fingerprint density at radius 2 is 2.00 bits per heavy atom. The van der Waals surface area contributed by atoms with Crippen molar-refractivity contribution in [2.45, 2.75) is 52.1 Å². The third-order valence-electron chi connectivity index (χ3n) is 5.91. The summed E-state index contributed by atoms with van der Waals surface area (Å²) in [5.74, 6) is 1.71. The Kier molecular flexibility index (Phi) is 12.3. The van der Waals surface area contributed by atoms with Crippen LogP contribution in [0, 0.1) is 5.92 Å². The van der Waals surface area contributed by atoms with Crippen LogP contribution in [0.3, 0.4) is 0 Å². The van der Waals surface area contributed by atoms with Gasteiger partial charge >= 0.3 is 0 Å². The molecule has 6 nitrogen and oxygen atoms in total. The van der Waals surface area contributed by atoms with Gasteiger partial charge in [-0.05, 0) is 69.1 Å². The zero-order valence-electron chi connectivity index (χ0n) is 19.3. The number of piperidine rings is 1. The smallest absolute Gasteiger partial charge is 0.250 e. The van der Waals surface area contributed by atoms with Gasteiger partial charge in [0.15, 0.2) is 5.96 Å². The molecule has 2 N–H and O–H groups in total. The van der Waals surface area contributed by atoms with Crippen molar-refractivity contribution in [2.75, 3.05) is 32.7 Å². The van der Waals surface area contributed by atoms with Gasteiger partial charge in [0, 0.05) is 36.8 Å². The number of rotatable bonds is 10. The molecule has 0 radical (unpaired) electrons. The monoisotopic (exact) mass is 571 g/mol. The SMILES string of the molecule is CCNC(=NCC(c1cccs1)N1CCC(C)CC1)NCCCCn1ccccc1=O.I. The number of nitrogens with zero attached hydrogens (tertiary/aromatic N) is 3. The standard InChI is InChI=1S/C24H37N5OS.HI/c1-3-25-24(26-13-5-7-15-29-14-6-4-10-23(29)30)27-19-21(22-9-8-18-31-22)28-16-11-20(2)12-17-28;/h4,6,8-10,14,18,20-21H,3,5,7,11-13,15-17,19H2,1-2H3,(H2,25,26,27);1H. The number of thiophene rings is 1. The van der Waals surface area contributed by atoms with Crippen molar-refractivity contribution in [1.82, 2.24) is 20.1 Å². The average Bonchev–Trinajstić information content (AvgIpc) is 3.30. The highest BCUT2D eigenvalue weighted by molar-refractivity contribution is 14.0. The molecule has 1 aliphatic rings. The fraction of sp³-hybridized carbons (Fsp3) is 0.583. The molecule has 0 aromatic carbocycles. The minimum absolute atomic E-state index is 0. The Morgan fingerprint density at radius 1 is 1.19 bits per heavy atom. The summed E-state index contributed by atoms with van der Waals surface area (Å²) in [5.41, 5.74) is 0.0667. The number of likely N-dealkylation sites (tertiary alicyclic amines) is 1. The number of hydrogen-bond donors (Lipinski definition) is 2. The summed E-state index contributed by atoms with van der Waals surface area (Å²) in [7, 11) is 0. The van der Waals surface area contributed by atoms with E-state index in [0.29, 0.717) is 6.04 Å². The second kappa shape index (κ2) is 14.7. The van der Waals surface area contributed by atoms with Crippen LogP contribution in [0.15, 0.2) is 51.7 Å². The molecule has 2 aromatic rings. The van der Waals surface area contributed by atoms with Crippen LogP contribution in [-0.2, 0) is 6.54 Å². The molecule has 0 aliphatic carbocycles. The van der Waals surface area contributed by atoms with Gasteiger partial charge in [-0.1, -0.05) is 19.1 Å². The first-order valence-electron chi connectivity index (χ1n) is 11.6. The molecule has 0 amide bonds. The number of aryl methyl sites for hydroxylation is 1. The van der Waals surface area contributed by atoms with Crippen LogP contribution in [0.5, 0.6) is 0 Å². The summed E-state index contributed by atoms with van der Waals surface area (Å²) >= 11 is 1.83. The van der Waals surface area contributed by atoms with Crippen LogP contribution in [0.1, 0.15) is 50.4 Å².